The Balaban J connectivity index is 2.19. The van der Waals surface area contributed by atoms with Gasteiger partial charge < -0.3 is 9.52 Å². The number of benzene rings is 1. The van der Waals surface area contributed by atoms with Crippen LogP contribution in [-0.2, 0) is 10.0 Å². The molecule has 1 aromatic carbocycles. The third kappa shape index (κ3) is 3.15. The molecule has 0 bridgehead atoms. The molecule has 1 heterocycles. The van der Waals surface area contributed by atoms with Gasteiger partial charge in [0.2, 0.25) is 10.0 Å². The predicted molar refractivity (Wildman–Crippen MR) is 70.3 cm³/mol. The quantitative estimate of drug-likeness (QED) is 0.901. The number of aromatic hydroxyl groups is 1. The summed E-state index contributed by atoms with van der Waals surface area (Å²) in [5.41, 5.74) is 0. The molecule has 2 N–H and O–H groups in total. The lowest BCUT2D eigenvalue weighted by Crippen LogP contribution is -2.26. The molecule has 19 heavy (non-hydrogen) atoms. The Morgan fingerprint density at radius 1 is 1.16 bits per heavy atom. The first-order valence-corrected chi connectivity index (χ1v) is 7.24. The number of hydrogen-bond donors (Lipinski definition) is 2. The lowest BCUT2D eigenvalue weighted by atomic mass is 10.3. The fraction of sp³-hybridized carbons (Fsp3) is 0.231. The van der Waals surface area contributed by atoms with Crippen LogP contribution in [0.4, 0.5) is 0 Å². The highest BCUT2D eigenvalue weighted by Crippen LogP contribution is 2.20. The van der Waals surface area contributed by atoms with Gasteiger partial charge in [-0.25, -0.2) is 13.1 Å². The van der Waals surface area contributed by atoms with Crippen LogP contribution < -0.4 is 4.72 Å². The van der Waals surface area contributed by atoms with E-state index in [2.05, 4.69) is 4.72 Å². The molecular weight excluding hydrogens is 266 g/mol. The fourth-order valence-electron chi connectivity index (χ4n) is 1.67. The molecule has 2 rings (SSSR count). The van der Waals surface area contributed by atoms with Gasteiger partial charge in [0.1, 0.15) is 17.3 Å². The van der Waals surface area contributed by atoms with Gasteiger partial charge in [0, 0.05) is 0 Å². The van der Waals surface area contributed by atoms with E-state index in [1.165, 1.54) is 24.3 Å². The van der Waals surface area contributed by atoms with Crippen LogP contribution in [0.1, 0.15) is 24.5 Å². The van der Waals surface area contributed by atoms with Gasteiger partial charge in [0.05, 0.1) is 10.9 Å². The Morgan fingerprint density at radius 2 is 1.79 bits per heavy atom. The Kier molecular flexibility index (Phi) is 3.64. The molecule has 102 valence electrons. The first-order valence-electron chi connectivity index (χ1n) is 5.76. The zero-order chi connectivity index (χ0) is 14.0. The summed E-state index contributed by atoms with van der Waals surface area (Å²) in [6.45, 7) is 3.50. The zero-order valence-corrected chi connectivity index (χ0v) is 11.4. The molecule has 5 nitrogen and oxygen atoms in total. The van der Waals surface area contributed by atoms with Crippen LogP contribution in [0.5, 0.6) is 5.75 Å². The summed E-state index contributed by atoms with van der Waals surface area (Å²) in [7, 11) is -3.64. The van der Waals surface area contributed by atoms with Gasteiger partial charge in [-0.1, -0.05) is 0 Å². The van der Waals surface area contributed by atoms with Gasteiger partial charge in [-0.05, 0) is 50.2 Å². The summed E-state index contributed by atoms with van der Waals surface area (Å²) in [5.74, 6) is 1.30. The van der Waals surface area contributed by atoms with E-state index in [0.717, 1.165) is 5.76 Å². The maximum Gasteiger partial charge on any atom is 0.241 e. The molecule has 0 amide bonds. The van der Waals surface area contributed by atoms with Crippen molar-refractivity contribution in [3.63, 3.8) is 0 Å². The maximum absolute atomic E-state index is 12.1. The van der Waals surface area contributed by atoms with E-state index in [1.54, 1.807) is 26.0 Å². The molecule has 1 atom stereocenters. The van der Waals surface area contributed by atoms with E-state index in [-0.39, 0.29) is 10.6 Å². The van der Waals surface area contributed by atoms with Gasteiger partial charge >= 0.3 is 0 Å². The average molecular weight is 281 g/mol. The summed E-state index contributed by atoms with van der Waals surface area (Å²) < 4.78 is 32.1. The Hall–Kier alpha value is -1.79. The number of rotatable bonds is 4. The number of sulfonamides is 1. The SMILES string of the molecule is Cc1ccc(C(C)NS(=O)(=O)c2ccc(O)cc2)o1. The molecule has 1 unspecified atom stereocenters. The van der Waals surface area contributed by atoms with E-state index in [9.17, 15) is 8.42 Å². The molecule has 6 heteroatoms. The lowest BCUT2D eigenvalue weighted by molar-refractivity contribution is 0.441. The normalized spacial score (nSPS) is 13.4. The molecule has 0 aliphatic rings. The summed E-state index contributed by atoms with van der Waals surface area (Å²) in [6.07, 6.45) is 0. The molecule has 0 saturated heterocycles. The Labute approximate surface area is 111 Å². The van der Waals surface area contributed by atoms with Gasteiger partial charge in [-0.2, -0.15) is 0 Å². The van der Waals surface area contributed by atoms with Crippen LogP contribution in [0.2, 0.25) is 0 Å². The van der Waals surface area contributed by atoms with E-state index < -0.39 is 16.1 Å². The molecule has 0 aliphatic heterocycles. The lowest BCUT2D eigenvalue weighted by Gasteiger charge is -2.12. The minimum absolute atomic E-state index is 0.0219. The molecular formula is C13H15NO4S. The highest BCUT2D eigenvalue weighted by atomic mass is 32.2. The topological polar surface area (TPSA) is 79.5 Å². The second-order valence-electron chi connectivity index (χ2n) is 4.29. The minimum atomic E-state index is -3.64. The van der Waals surface area contributed by atoms with Crippen molar-refractivity contribution in [1.29, 1.82) is 0 Å². The maximum atomic E-state index is 12.1. The van der Waals surface area contributed by atoms with Gasteiger partial charge in [0.25, 0.3) is 0 Å². The van der Waals surface area contributed by atoms with E-state index >= 15 is 0 Å². The van der Waals surface area contributed by atoms with Crippen molar-refractivity contribution in [2.45, 2.75) is 24.8 Å². The van der Waals surface area contributed by atoms with Crippen molar-refractivity contribution in [3.05, 3.63) is 47.9 Å². The third-order valence-electron chi connectivity index (χ3n) is 2.67. The minimum Gasteiger partial charge on any atom is -0.508 e. The average Bonchev–Trinajstić information content (AvgIpc) is 2.76. The first kappa shape index (κ1) is 13.6. The summed E-state index contributed by atoms with van der Waals surface area (Å²) >= 11 is 0. The standard InChI is InChI=1S/C13H15NO4S/c1-9-3-8-13(18-9)10(2)14-19(16,17)12-6-4-11(15)5-7-12/h3-8,10,14-15H,1-2H3. The number of furan rings is 1. The molecule has 2 aromatic rings. The highest BCUT2D eigenvalue weighted by molar-refractivity contribution is 7.89. The summed E-state index contributed by atoms with van der Waals surface area (Å²) in [4.78, 5) is 0.0976. The van der Waals surface area contributed by atoms with Crippen LogP contribution in [0, 0.1) is 6.92 Å². The highest BCUT2D eigenvalue weighted by Gasteiger charge is 2.20. The third-order valence-corrected chi connectivity index (χ3v) is 4.22. The molecule has 0 saturated carbocycles. The van der Waals surface area contributed by atoms with Crippen LogP contribution in [0.15, 0.2) is 45.7 Å². The molecule has 1 aromatic heterocycles. The Morgan fingerprint density at radius 3 is 2.32 bits per heavy atom. The predicted octanol–water partition coefficient (Wildman–Crippen LogP) is 2.33. The van der Waals surface area contributed by atoms with Crippen molar-refractivity contribution >= 4 is 10.0 Å². The van der Waals surface area contributed by atoms with Gasteiger partial charge in [-0.15, -0.1) is 0 Å². The number of nitrogens with one attached hydrogen (secondary N) is 1. The van der Waals surface area contributed by atoms with E-state index in [0.29, 0.717) is 5.76 Å². The number of hydrogen-bond acceptors (Lipinski definition) is 4. The molecule has 0 aliphatic carbocycles. The first-order chi connectivity index (χ1) is 8.88. The van der Waals surface area contributed by atoms with Gasteiger partial charge in [-0.3, -0.25) is 0 Å². The Bertz CT molecular complexity index is 658. The van der Waals surface area contributed by atoms with Crippen molar-refractivity contribution < 1.29 is 17.9 Å². The summed E-state index contributed by atoms with van der Waals surface area (Å²) in [5, 5.41) is 9.15. The monoisotopic (exact) mass is 281 g/mol. The van der Waals surface area contributed by atoms with Crippen LogP contribution >= 0.6 is 0 Å². The van der Waals surface area contributed by atoms with Crippen molar-refractivity contribution in [3.8, 4) is 5.75 Å². The smallest absolute Gasteiger partial charge is 0.241 e. The number of phenolic OH excluding ortho intramolecular Hbond substituents is 1. The molecule has 0 radical (unpaired) electrons. The largest absolute Gasteiger partial charge is 0.508 e. The second-order valence-corrected chi connectivity index (χ2v) is 6.00. The van der Waals surface area contributed by atoms with Crippen molar-refractivity contribution in [2.75, 3.05) is 0 Å². The van der Waals surface area contributed by atoms with E-state index in [4.69, 9.17) is 9.52 Å². The van der Waals surface area contributed by atoms with Crippen LogP contribution in [0.3, 0.4) is 0 Å². The molecule has 0 fully saturated rings. The van der Waals surface area contributed by atoms with Crippen molar-refractivity contribution in [2.24, 2.45) is 0 Å². The van der Waals surface area contributed by atoms with Crippen LogP contribution in [0.25, 0.3) is 0 Å². The second kappa shape index (κ2) is 5.07. The fourth-order valence-corrected chi connectivity index (χ4v) is 2.88. The van der Waals surface area contributed by atoms with E-state index in [1.807, 2.05) is 0 Å². The van der Waals surface area contributed by atoms with Gasteiger partial charge in [0.15, 0.2) is 0 Å². The number of aryl methyl sites for hydroxylation is 1. The zero-order valence-electron chi connectivity index (χ0n) is 10.6. The number of phenols is 1. The summed E-state index contributed by atoms with van der Waals surface area (Å²) in [6, 6.07) is 8.40. The molecule has 0 spiro atoms. The van der Waals surface area contributed by atoms with Crippen LogP contribution in [-0.4, -0.2) is 13.5 Å². The van der Waals surface area contributed by atoms with Crippen molar-refractivity contribution in [1.82, 2.24) is 4.72 Å².